The first-order valence-electron chi connectivity index (χ1n) is 6.81. The Kier molecular flexibility index (Phi) is 5.46. The molecule has 114 valence electrons. The molecule has 21 heavy (non-hydrogen) atoms. The zero-order valence-corrected chi connectivity index (χ0v) is 12.9. The predicted octanol–water partition coefficient (Wildman–Crippen LogP) is 1.94. The number of nitrogens with two attached hydrogens (primary N) is 1. The number of carbonyl (C=O) groups is 1. The average molecular weight is 309 g/mol. The molecule has 0 saturated carbocycles. The minimum atomic E-state index is -0.651. The second kappa shape index (κ2) is 7.33. The van der Waals surface area contributed by atoms with Crippen molar-refractivity contribution >= 4 is 28.8 Å². The van der Waals surface area contributed by atoms with Crippen molar-refractivity contribution < 1.29 is 14.3 Å². The lowest BCUT2D eigenvalue weighted by Gasteiger charge is -2.08. The Balaban J connectivity index is 2.01. The molecule has 0 aliphatic heterocycles. The summed E-state index contributed by atoms with van der Waals surface area (Å²) in [5.41, 5.74) is 7.50. The SMILES string of the molecule is CCOC(=O)C(N)CSc1nc2ccc(OCC)cc2[nH]1. The molecule has 0 amide bonds. The summed E-state index contributed by atoms with van der Waals surface area (Å²) in [5, 5.41) is 0.721. The van der Waals surface area contributed by atoms with Gasteiger partial charge in [0.1, 0.15) is 11.8 Å². The molecule has 6 nitrogen and oxygen atoms in total. The van der Waals surface area contributed by atoms with Crippen LogP contribution in [-0.2, 0) is 9.53 Å². The maximum Gasteiger partial charge on any atom is 0.323 e. The third-order valence-corrected chi connectivity index (χ3v) is 3.72. The van der Waals surface area contributed by atoms with E-state index in [4.69, 9.17) is 15.2 Å². The number of hydrogen-bond acceptors (Lipinski definition) is 6. The lowest BCUT2D eigenvalue weighted by Crippen LogP contribution is -2.34. The molecule has 1 aromatic heterocycles. The normalized spacial score (nSPS) is 12.3. The quantitative estimate of drug-likeness (QED) is 0.600. The van der Waals surface area contributed by atoms with Gasteiger partial charge in [-0.3, -0.25) is 4.79 Å². The van der Waals surface area contributed by atoms with Crippen molar-refractivity contribution in [2.45, 2.75) is 25.0 Å². The average Bonchev–Trinajstić information content (AvgIpc) is 2.87. The summed E-state index contributed by atoms with van der Waals surface area (Å²) < 4.78 is 10.3. The highest BCUT2D eigenvalue weighted by atomic mass is 32.2. The van der Waals surface area contributed by atoms with Crippen molar-refractivity contribution in [2.75, 3.05) is 19.0 Å². The van der Waals surface area contributed by atoms with Crippen LogP contribution in [0.5, 0.6) is 5.75 Å². The number of thioether (sulfide) groups is 1. The van der Waals surface area contributed by atoms with Crippen LogP contribution in [0.2, 0.25) is 0 Å². The van der Waals surface area contributed by atoms with Gasteiger partial charge < -0.3 is 20.2 Å². The summed E-state index contributed by atoms with van der Waals surface area (Å²) in [6.07, 6.45) is 0. The van der Waals surface area contributed by atoms with Crippen LogP contribution < -0.4 is 10.5 Å². The van der Waals surface area contributed by atoms with Crippen LogP contribution >= 0.6 is 11.8 Å². The minimum absolute atomic E-state index is 0.335. The Morgan fingerprint density at radius 1 is 1.43 bits per heavy atom. The van der Waals surface area contributed by atoms with E-state index in [1.54, 1.807) is 6.92 Å². The molecular weight excluding hydrogens is 290 g/mol. The number of ether oxygens (including phenoxy) is 2. The monoisotopic (exact) mass is 309 g/mol. The summed E-state index contributed by atoms with van der Waals surface area (Å²) >= 11 is 1.39. The van der Waals surface area contributed by atoms with E-state index in [1.165, 1.54) is 11.8 Å². The van der Waals surface area contributed by atoms with Gasteiger partial charge >= 0.3 is 5.97 Å². The zero-order chi connectivity index (χ0) is 15.2. The fraction of sp³-hybridized carbons (Fsp3) is 0.429. The summed E-state index contributed by atoms with van der Waals surface area (Å²) in [6.45, 7) is 4.65. The zero-order valence-electron chi connectivity index (χ0n) is 12.1. The van der Waals surface area contributed by atoms with E-state index in [1.807, 2.05) is 25.1 Å². The number of aromatic amines is 1. The van der Waals surface area contributed by atoms with E-state index in [-0.39, 0.29) is 5.97 Å². The van der Waals surface area contributed by atoms with Gasteiger partial charge in [-0.1, -0.05) is 11.8 Å². The van der Waals surface area contributed by atoms with Gasteiger partial charge in [0.25, 0.3) is 0 Å². The number of nitrogens with zero attached hydrogens (tertiary/aromatic N) is 1. The molecule has 1 unspecified atom stereocenters. The molecule has 0 aliphatic rings. The number of esters is 1. The van der Waals surface area contributed by atoms with Gasteiger partial charge in [-0.15, -0.1) is 0 Å². The number of benzene rings is 1. The Hall–Kier alpha value is -1.73. The Labute approximate surface area is 127 Å². The molecule has 0 saturated heterocycles. The van der Waals surface area contributed by atoms with Crippen molar-refractivity contribution in [3.05, 3.63) is 18.2 Å². The number of rotatable bonds is 7. The molecule has 0 fully saturated rings. The van der Waals surface area contributed by atoms with Crippen LogP contribution in [0.1, 0.15) is 13.8 Å². The fourth-order valence-electron chi connectivity index (χ4n) is 1.78. The first-order chi connectivity index (χ1) is 10.1. The number of imidazole rings is 1. The lowest BCUT2D eigenvalue weighted by atomic mass is 10.3. The first-order valence-corrected chi connectivity index (χ1v) is 7.80. The largest absolute Gasteiger partial charge is 0.494 e. The fourth-order valence-corrected chi connectivity index (χ4v) is 2.59. The van der Waals surface area contributed by atoms with Crippen molar-refractivity contribution in [2.24, 2.45) is 5.73 Å². The van der Waals surface area contributed by atoms with E-state index in [0.29, 0.717) is 19.0 Å². The molecule has 0 radical (unpaired) electrons. The molecule has 1 aromatic carbocycles. The maximum atomic E-state index is 11.4. The van der Waals surface area contributed by atoms with Crippen molar-refractivity contribution in [1.29, 1.82) is 0 Å². The van der Waals surface area contributed by atoms with Crippen LogP contribution in [0.25, 0.3) is 11.0 Å². The van der Waals surface area contributed by atoms with Gasteiger partial charge in [-0.05, 0) is 26.0 Å². The van der Waals surface area contributed by atoms with Gasteiger partial charge in [0.15, 0.2) is 5.16 Å². The Morgan fingerprint density at radius 2 is 2.24 bits per heavy atom. The Bertz CT molecular complexity index is 615. The Morgan fingerprint density at radius 3 is 2.95 bits per heavy atom. The van der Waals surface area contributed by atoms with Gasteiger partial charge in [-0.25, -0.2) is 4.98 Å². The molecule has 0 spiro atoms. The first kappa shape index (κ1) is 15.7. The molecule has 3 N–H and O–H groups in total. The summed E-state index contributed by atoms with van der Waals surface area (Å²) in [6, 6.07) is 5.03. The molecule has 7 heteroatoms. The van der Waals surface area contributed by atoms with Gasteiger partial charge in [0, 0.05) is 11.8 Å². The van der Waals surface area contributed by atoms with Crippen LogP contribution in [0.15, 0.2) is 23.4 Å². The van der Waals surface area contributed by atoms with Crippen molar-refractivity contribution in [3.63, 3.8) is 0 Å². The number of H-pyrrole nitrogens is 1. The smallest absolute Gasteiger partial charge is 0.323 e. The summed E-state index contributed by atoms with van der Waals surface area (Å²) in [4.78, 5) is 19.1. The van der Waals surface area contributed by atoms with Crippen LogP contribution in [-0.4, -0.2) is 40.9 Å². The minimum Gasteiger partial charge on any atom is -0.494 e. The van der Waals surface area contributed by atoms with Crippen molar-refractivity contribution in [3.8, 4) is 5.75 Å². The predicted molar refractivity (Wildman–Crippen MR) is 82.6 cm³/mol. The summed E-state index contributed by atoms with van der Waals surface area (Å²) in [5.74, 6) is 0.824. The van der Waals surface area contributed by atoms with Gasteiger partial charge in [-0.2, -0.15) is 0 Å². The third kappa shape index (κ3) is 4.12. The van der Waals surface area contributed by atoms with E-state index in [2.05, 4.69) is 9.97 Å². The molecular formula is C14H19N3O3S. The molecule has 1 atom stereocenters. The van der Waals surface area contributed by atoms with Crippen LogP contribution in [0, 0.1) is 0 Å². The third-order valence-electron chi connectivity index (χ3n) is 2.73. The highest BCUT2D eigenvalue weighted by molar-refractivity contribution is 7.99. The molecule has 0 bridgehead atoms. The number of carbonyl (C=O) groups excluding carboxylic acids is 1. The number of hydrogen-bond donors (Lipinski definition) is 2. The molecule has 0 aliphatic carbocycles. The lowest BCUT2D eigenvalue weighted by molar-refractivity contribution is -0.144. The van der Waals surface area contributed by atoms with E-state index in [0.717, 1.165) is 21.9 Å². The highest BCUT2D eigenvalue weighted by Crippen LogP contribution is 2.23. The number of aromatic nitrogens is 2. The summed E-state index contributed by atoms with van der Waals surface area (Å²) in [7, 11) is 0. The second-order valence-corrected chi connectivity index (χ2v) is 5.33. The molecule has 2 aromatic rings. The highest BCUT2D eigenvalue weighted by Gasteiger charge is 2.15. The topological polar surface area (TPSA) is 90.2 Å². The van der Waals surface area contributed by atoms with Gasteiger partial charge in [0.2, 0.25) is 0 Å². The van der Waals surface area contributed by atoms with Crippen LogP contribution in [0.3, 0.4) is 0 Å². The second-order valence-electron chi connectivity index (χ2n) is 4.32. The van der Waals surface area contributed by atoms with Gasteiger partial charge in [0.05, 0.1) is 24.2 Å². The van der Waals surface area contributed by atoms with E-state index in [9.17, 15) is 4.79 Å². The van der Waals surface area contributed by atoms with E-state index >= 15 is 0 Å². The molecule has 1 heterocycles. The number of fused-ring (bicyclic) bond motifs is 1. The molecule has 2 rings (SSSR count). The van der Waals surface area contributed by atoms with Crippen LogP contribution in [0.4, 0.5) is 0 Å². The number of nitrogens with one attached hydrogen (secondary N) is 1. The van der Waals surface area contributed by atoms with Crippen molar-refractivity contribution in [1.82, 2.24) is 9.97 Å². The standard InChI is InChI=1S/C14H19N3O3S/c1-3-19-9-5-6-11-12(7-9)17-14(16-11)21-8-10(15)13(18)20-4-2/h5-7,10H,3-4,8,15H2,1-2H3,(H,16,17). The van der Waals surface area contributed by atoms with E-state index < -0.39 is 6.04 Å². The maximum absolute atomic E-state index is 11.4.